The van der Waals surface area contributed by atoms with Gasteiger partial charge in [-0.05, 0) is 29.9 Å². The molecule has 0 aliphatic rings. The first-order valence-electron chi connectivity index (χ1n) is 7.96. The maximum Gasteiger partial charge on any atom is 0.258 e. The predicted molar refractivity (Wildman–Crippen MR) is 106 cm³/mol. The molecule has 2 aromatic carbocycles. The predicted octanol–water partition coefficient (Wildman–Crippen LogP) is 5.30. The first-order valence-corrected chi connectivity index (χ1v) is 10.0. The fourth-order valence-electron chi connectivity index (χ4n) is 2.40. The average Bonchev–Trinajstić information content (AvgIpc) is 3.10. The van der Waals surface area contributed by atoms with Gasteiger partial charge in [0.25, 0.3) is 5.91 Å². The zero-order valence-electron chi connectivity index (χ0n) is 14.3. The van der Waals surface area contributed by atoms with E-state index in [1.807, 2.05) is 42.7 Å². The van der Waals surface area contributed by atoms with Gasteiger partial charge in [-0.25, -0.2) is 0 Å². The molecular formula is C19H19N3OS2. The first-order chi connectivity index (χ1) is 12.1. The number of hydrogen-bond acceptors (Lipinski definition) is 5. The summed E-state index contributed by atoms with van der Waals surface area (Å²) in [5, 5.41) is 12.4. The summed E-state index contributed by atoms with van der Waals surface area (Å²) in [4.78, 5) is 13.4. The summed E-state index contributed by atoms with van der Waals surface area (Å²) in [5.41, 5.74) is 2.94. The van der Waals surface area contributed by atoms with Crippen LogP contribution in [0.15, 0.2) is 53.4 Å². The Kier molecular flexibility index (Phi) is 5.50. The minimum absolute atomic E-state index is 0.164. The minimum Gasteiger partial charge on any atom is -0.296 e. The number of nitrogens with zero attached hydrogens (tertiary/aromatic N) is 2. The van der Waals surface area contributed by atoms with Crippen molar-refractivity contribution in [1.82, 2.24) is 10.2 Å². The fourth-order valence-corrected chi connectivity index (χ4v) is 3.74. The van der Waals surface area contributed by atoms with Crippen LogP contribution in [0.3, 0.4) is 0 Å². The van der Waals surface area contributed by atoms with Crippen molar-refractivity contribution in [2.24, 2.45) is 0 Å². The molecule has 0 spiro atoms. The van der Waals surface area contributed by atoms with E-state index < -0.39 is 0 Å². The van der Waals surface area contributed by atoms with Crippen molar-refractivity contribution in [3.05, 3.63) is 59.7 Å². The summed E-state index contributed by atoms with van der Waals surface area (Å²) < 4.78 is 0. The lowest BCUT2D eigenvalue weighted by molar-refractivity contribution is 0.102. The third-order valence-electron chi connectivity index (χ3n) is 3.82. The fraction of sp³-hybridized carbons (Fsp3) is 0.211. The van der Waals surface area contributed by atoms with Gasteiger partial charge in [-0.15, -0.1) is 22.0 Å². The van der Waals surface area contributed by atoms with E-state index in [2.05, 4.69) is 41.5 Å². The molecule has 0 aliphatic carbocycles. The largest absolute Gasteiger partial charge is 0.296 e. The van der Waals surface area contributed by atoms with Crippen LogP contribution in [0.1, 0.15) is 35.7 Å². The maximum absolute atomic E-state index is 12.5. The topological polar surface area (TPSA) is 54.9 Å². The summed E-state index contributed by atoms with van der Waals surface area (Å²) in [6.07, 6.45) is 1.95. The highest BCUT2D eigenvalue weighted by Gasteiger charge is 2.14. The van der Waals surface area contributed by atoms with E-state index in [1.165, 1.54) is 16.9 Å². The van der Waals surface area contributed by atoms with Gasteiger partial charge in [-0.1, -0.05) is 61.6 Å². The molecule has 6 heteroatoms. The number of benzene rings is 2. The van der Waals surface area contributed by atoms with E-state index in [9.17, 15) is 4.79 Å². The van der Waals surface area contributed by atoms with Crippen LogP contribution < -0.4 is 5.32 Å². The number of carbonyl (C=O) groups is 1. The Morgan fingerprint density at radius 3 is 2.48 bits per heavy atom. The van der Waals surface area contributed by atoms with Gasteiger partial charge in [0, 0.05) is 10.5 Å². The van der Waals surface area contributed by atoms with Crippen LogP contribution in [-0.2, 0) is 0 Å². The second kappa shape index (κ2) is 7.80. The van der Waals surface area contributed by atoms with Gasteiger partial charge in [-0.3, -0.25) is 10.1 Å². The summed E-state index contributed by atoms with van der Waals surface area (Å²) in [6, 6.07) is 15.8. The monoisotopic (exact) mass is 369 g/mol. The molecule has 1 N–H and O–H groups in total. The van der Waals surface area contributed by atoms with Crippen LogP contribution in [0.5, 0.6) is 0 Å². The molecule has 1 aromatic heterocycles. The zero-order chi connectivity index (χ0) is 17.8. The molecule has 4 nitrogen and oxygen atoms in total. The van der Waals surface area contributed by atoms with Gasteiger partial charge in [0.2, 0.25) is 5.13 Å². The van der Waals surface area contributed by atoms with E-state index >= 15 is 0 Å². The van der Waals surface area contributed by atoms with E-state index in [-0.39, 0.29) is 5.91 Å². The molecule has 3 aromatic rings. The Labute approximate surface area is 155 Å². The van der Waals surface area contributed by atoms with Crippen molar-refractivity contribution in [3.8, 4) is 10.6 Å². The lowest BCUT2D eigenvalue weighted by atomic mass is 10.0. The third-order valence-corrected chi connectivity index (χ3v) is 5.50. The SMILES string of the molecule is CSc1ccccc1C(=O)Nc1nnc(-c2ccc(C(C)C)cc2)s1. The van der Waals surface area contributed by atoms with Gasteiger partial charge < -0.3 is 0 Å². The molecule has 1 heterocycles. The van der Waals surface area contributed by atoms with Crippen LogP contribution in [0.4, 0.5) is 5.13 Å². The minimum atomic E-state index is -0.164. The Morgan fingerprint density at radius 1 is 1.08 bits per heavy atom. The molecule has 0 radical (unpaired) electrons. The van der Waals surface area contributed by atoms with Gasteiger partial charge in [0.1, 0.15) is 5.01 Å². The molecule has 0 saturated heterocycles. The van der Waals surface area contributed by atoms with E-state index in [0.29, 0.717) is 16.6 Å². The Bertz CT molecular complexity index is 872. The molecule has 128 valence electrons. The number of thioether (sulfide) groups is 1. The summed E-state index contributed by atoms with van der Waals surface area (Å²) in [7, 11) is 0. The van der Waals surface area contributed by atoms with Crippen LogP contribution in [-0.4, -0.2) is 22.4 Å². The van der Waals surface area contributed by atoms with Gasteiger partial charge in [-0.2, -0.15) is 0 Å². The van der Waals surface area contributed by atoms with Crippen molar-refractivity contribution in [3.63, 3.8) is 0 Å². The Balaban J connectivity index is 1.76. The third kappa shape index (κ3) is 4.08. The van der Waals surface area contributed by atoms with Crippen molar-refractivity contribution in [1.29, 1.82) is 0 Å². The Hall–Kier alpha value is -2.18. The Morgan fingerprint density at radius 2 is 1.80 bits per heavy atom. The van der Waals surface area contributed by atoms with Crippen molar-refractivity contribution >= 4 is 34.1 Å². The number of anilines is 1. The standard InChI is InChI=1S/C19H19N3OS2/c1-12(2)13-8-10-14(11-9-13)18-21-22-19(25-18)20-17(23)15-6-4-5-7-16(15)24-3/h4-12H,1-3H3,(H,20,22,23). The molecule has 0 fully saturated rings. The first kappa shape index (κ1) is 17.6. The summed E-state index contributed by atoms with van der Waals surface area (Å²) >= 11 is 2.92. The molecule has 0 saturated carbocycles. The highest BCUT2D eigenvalue weighted by atomic mass is 32.2. The maximum atomic E-state index is 12.5. The van der Waals surface area contributed by atoms with E-state index in [1.54, 1.807) is 11.8 Å². The van der Waals surface area contributed by atoms with Gasteiger partial charge >= 0.3 is 0 Å². The summed E-state index contributed by atoms with van der Waals surface area (Å²) in [6.45, 7) is 4.33. The lowest BCUT2D eigenvalue weighted by Gasteiger charge is -2.06. The number of amides is 1. The number of aromatic nitrogens is 2. The lowest BCUT2D eigenvalue weighted by Crippen LogP contribution is -2.12. The van der Waals surface area contributed by atoms with Crippen molar-refractivity contribution in [2.75, 3.05) is 11.6 Å². The van der Waals surface area contributed by atoms with Crippen LogP contribution in [0, 0.1) is 0 Å². The number of hydrogen-bond donors (Lipinski definition) is 1. The highest BCUT2D eigenvalue weighted by Crippen LogP contribution is 2.28. The van der Waals surface area contributed by atoms with Gasteiger partial charge in [0.15, 0.2) is 0 Å². The average molecular weight is 370 g/mol. The quantitative estimate of drug-likeness (QED) is 0.620. The molecule has 1 amide bonds. The second-order valence-electron chi connectivity index (χ2n) is 5.84. The molecule has 25 heavy (non-hydrogen) atoms. The zero-order valence-corrected chi connectivity index (χ0v) is 15.9. The van der Waals surface area contributed by atoms with Crippen molar-refractivity contribution < 1.29 is 4.79 Å². The number of carbonyl (C=O) groups excluding carboxylic acids is 1. The number of nitrogens with one attached hydrogen (secondary N) is 1. The smallest absolute Gasteiger partial charge is 0.258 e. The highest BCUT2D eigenvalue weighted by molar-refractivity contribution is 7.98. The summed E-state index contributed by atoms with van der Waals surface area (Å²) in [5.74, 6) is 0.331. The van der Waals surface area contributed by atoms with Gasteiger partial charge in [0.05, 0.1) is 5.56 Å². The molecule has 3 rings (SSSR count). The molecular weight excluding hydrogens is 350 g/mol. The van der Waals surface area contributed by atoms with Crippen molar-refractivity contribution in [2.45, 2.75) is 24.7 Å². The molecule has 0 aliphatic heterocycles. The number of rotatable bonds is 5. The van der Waals surface area contributed by atoms with Crippen LogP contribution in [0.25, 0.3) is 10.6 Å². The molecule has 0 atom stereocenters. The van der Waals surface area contributed by atoms with E-state index in [0.717, 1.165) is 15.5 Å². The van der Waals surface area contributed by atoms with E-state index in [4.69, 9.17) is 0 Å². The second-order valence-corrected chi connectivity index (χ2v) is 7.67. The van der Waals surface area contributed by atoms with Crippen LogP contribution >= 0.6 is 23.1 Å². The molecule has 0 unspecified atom stereocenters. The normalized spacial score (nSPS) is 10.9. The van der Waals surface area contributed by atoms with Crippen LogP contribution in [0.2, 0.25) is 0 Å². The molecule has 0 bridgehead atoms.